The SMILES string of the molecule is N[C@@]12Oc3c(O)ccc4c3C13CCN(CC1CC1)[C@H](C4)[C@]3(O)CCC2O. The average molecular weight is 358 g/mol. The number of piperidine rings is 1. The number of ether oxygens (including phenoxy) is 1. The van der Waals surface area contributed by atoms with Gasteiger partial charge in [-0.25, -0.2) is 0 Å². The highest BCUT2D eigenvalue weighted by molar-refractivity contribution is 5.63. The van der Waals surface area contributed by atoms with Gasteiger partial charge in [-0.2, -0.15) is 0 Å². The molecule has 0 aromatic heterocycles. The number of nitrogens with two attached hydrogens (primary N) is 1. The maximum atomic E-state index is 12.1. The van der Waals surface area contributed by atoms with Crippen molar-refractivity contribution in [3.63, 3.8) is 0 Å². The first kappa shape index (κ1) is 15.7. The molecule has 2 saturated carbocycles. The molecule has 140 valence electrons. The van der Waals surface area contributed by atoms with E-state index in [1.807, 2.05) is 6.07 Å². The smallest absolute Gasteiger partial charge is 0.197 e. The minimum absolute atomic E-state index is 0.0149. The maximum absolute atomic E-state index is 12.1. The second kappa shape index (κ2) is 4.55. The lowest BCUT2D eigenvalue weighted by Gasteiger charge is -2.66. The Morgan fingerprint density at radius 3 is 2.81 bits per heavy atom. The van der Waals surface area contributed by atoms with Crippen molar-refractivity contribution in [2.24, 2.45) is 11.7 Å². The van der Waals surface area contributed by atoms with Gasteiger partial charge in [0, 0.05) is 18.2 Å². The van der Waals surface area contributed by atoms with Crippen LogP contribution in [0, 0.1) is 5.92 Å². The van der Waals surface area contributed by atoms with Crippen molar-refractivity contribution in [1.82, 2.24) is 4.90 Å². The molecule has 0 radical (unpaired) electrons. The predicted octanol–water partition coefficient (Wildman–Crippen LogP) is 0.604. The van der Waals surface area contributed by atoms with Gasteiger partial charge in [0.05, 0.1) is 11.0 Å². The van der Waals surface area contributed by atoms with Crippen molar-refractivity contribution in [1.29, 1.82) is 0 Å². The number of aliphatic hydroxyl groups is 2. The van der Waals surface area contributed by atoms with Crippen LogP contribution in [0.5, 0.6) is 11.5 Å². The molecule has 6 nitrogen and oxygen atoms in total. The second-order valence-corrected chi connectivity index (χ2v) is 9.14. The minimum atomic E-state index is -1.39. The first-order valence-corrected chi connectivity index (χ1v) is 9.88. The number of hydrogen-bond donors (Lipinski definition) is 4. The van der Waals surface area contributed by atoms with Crippen LogP contribution in [0.1, 0.15) is 43.2 Å². The van der Waals surface area contributed by atoms with Gasteiger partial charge in [-0.15, -0.1) is 0 Å². The van der Waals surface area contributed by atoms with E-state index in [1.165, 1.54) is 12.8 Å². The van der Waals surface area contributed by atoms with Gasteiger partial charge >= 0.3 is 0 Å². The lowest BCUT2D eigenvalue weighted by molar-refractivity contribution is -0.244. The summed E-state index contributed by atoms with van der Waals surface area (Å²) in [7, 11) is 0. The van der Waals surface area contributed by atoms with Gasteiger partial charge in [0.15, 0.2) is 17.2 Å². The molecule has 5 atom stereocenters. The number of phenols is 1. The Kier molecular flexibility index (Phi) is 2.75. The lowest BCUT2D eigenvalue weighted by Crippen LogP contribution is -2.83. The van der Waals surface area contributed by atoms with Crippen molar-refractivity contribution in [3.05, 3.63) is 23.3 Å². The number of likely N-dealkylation sites (tertiary alicyclic amines) is 1. The van der Waals surface area contributed by atoms with Gasteiger partial charge < -0.3 is 20.1 Å². The number of aromatic hydroxyl groups is 1. The van der Waals surface area contributed by atoms with Crippen molar-refractivity contribution in [3.8, 4) is 11.5 Å². The quantitative estimate of drug-likeness (QED) is 0.618. The van der Waals surface area contributed by atoms with Crippen molar-refractivity contribution in [2.45, 2.75) is 67.4 Å². The molecule has 1 aromatic rings. The van der Waals surface area contributed by atoms with Crippen LogP contribution in [-0.2, 0) is 11.8 Å². The molecule has 2 bridgehead atoms. The summed E-state index contributed by atoms with van der Waals surface area (Å²) in [5.41, 5.74) is 5.40. The third-order valence-electron chi connectivity index (χ3n) is 7.99. The van der Waals surface area contributed by atoms with E-state index in [9.17, 15) is 15.3 Å². The van der Waals surface area contributed by atoms with E-state index in [2.05, 4.69) is 4.90 Å². The molecule has 5 N–H and O–H groups in total. The molecule has 3 aliphatic carbocycles. The van der Waals surface area contributed by atoms with Gasteiger partial charge in [0.25, 0.3) is 0 Å². The summed E-state index contributed by atoms with van der Waals surface area (Å²) in [6, 6.07) is 3.58. The number of hydrogen-bond acceptors (Lipinski definition) is 6. The molecule has 2 aliphatic heterocycles. The first-order valence-electron chi connectivity index (χ1n) is 9.88. The van der Waals surface area contributed by atoms with Crippen molar-refractivity contribution >= 4 is 0 Å². The molecule has 1 aromatic carbocycles. The summed E-state index contributed by atoms with van der Waals surface area (Å²) in [6.07, 6.45) is 4.00. The molecule has 6 rings (SSSR count). The molecule has 2 unspecified atom stereocenters. The average Bonchev–Trinajstić information content (AvgIpc) is 3.36. The van der Waals surface area contributed by atoms with Gasteiger partial charge in [-0.3, -0.25) is 10.6 Å². The van der Waals surface area contributed by atoms with E-state index in [1.54, 1.807) is 6.07 Å². The molecule has 6 heteroatoms. The third-order valence-corrected chi connectivity index (χ3v) is 7.99. The molecule has 0 amide bonds. The number of aliphatic hydroxyl groups excluding tert-OH is 1. The van der Waals surface area contributed by atoms with Crippen molar-refractivity contribution < 1.29 is 20.1 Å². The standard InChI is InChI=1S/C20H26N2O4/c21-20-15(24)5-6-19(25)14-9-12-3-4-13(23)17(26-20)16(12)18(19,20)7-8-22(14)10-11-1-2-11/h3-4,11,14-15,23-25H,1-2,5-10,21H2/t14-,15?,18?,19-,20+/m1/s1. The van der Waals surface area contributed by atoms with Crippen LogP contribution in [0.3, 0.4) is 0 Å². The second-order valence-electron chi connectivity index (χ2n) is 9.14. The Labute approximate surface area is 152 Å². The number of nitrogens with zero attached hydrogens (tertiary/aromatic N) is 1. The number of phenolic OH excluding ortho intramolecular Hbond substituents is 1. The van der Waals surface area contributed by atoms with E-state index in [0.29, 0.717) is 25.0 Å². The summed E-state index contributed by atoms with van der Waals surface area (Å²) in [5, 5.41) is 33.3. The Morgan fingerprint density at radius 2 is 2.04 bits per heavy atom. The largest absolute Gasteiger partial charge is 0.504 e. The van der Waals surface area contributed by atoms with Crippen LogP contribution >= 0.6 is 0 Å². The molecular weight excluding hydrogens is 332 g/mol. The first-order chi connectivity index (χ1) is 12.4. The zero-order valence-electron chi connectivity index (χ0n) is 14.8. The number of rotatable bonds is 2. The Bertz CT molecular complexity index is 811. The molecule has 3 fully saturated rings. The van der Waals surface area contributed by atoms with E-state index >= 15 is 0 Å². The van der Waals surface area contributed by atoms with E-state index in [4.69, 9.17) is 10.5 Å². The van der Waals surface area contributed by atoms with Crippen LogP contribution in [0.25, 0.3) is 0 Å². The van der Waals surface area contributed by atoms with Crippen LogP contribution in [0.2, 0.25) is 0 Å². The summed E-state index contributed by atoms with van der Waals surface area (Å²) in [6.45, 7) is 1.87. The lowest BCUT2D eigenvalue weighted by atomic mass is 9.46. The topological polar surface area (TPSA) is 99.2 Å². The summed E-state index contributed by atoms with van der Waals surface area (Å²) < 4.78 is 6.10. The Balaban J connectivity index is 1.60. The summed E-state index contributed by atoms with van der Waals surface area (Å²) in [5.74, 6) is 1.17. The van der Waals surface area contributed by atoms with Crippen LogP contribution in [0.15, 0.2) is 12.1 Å². The van der Waals surface area contributed by atoms with Crippen LogP contribution < -0.4 is 10.5 Å². The highest BCUT2D eigenvalue weighted by Crippen LogP contribution is 2.67. The van der Waals surface area contributed by atoms with E-state index in [0.717, 1.165) is 36.6 Å². The fraction of sp³-hybridized carbons (Fsp3) is 0.700. The zero-order chi connectivity index (χ0) is 17.9. The normalized spacial score (nSPS) is 46.0. The van der Waals surface area contributed by atoms with Gasteiger partial charge in [0.2, 0.25) is 0 Å². The summed E-state index contributed by atoms with van der Waals surface area (Å²) >= 11 is 0. The summed E-state index contributed by atoms with van der Waals surface area (Å²) in [4.78, 5) is 2.45. The zero-order valence-corrected chi connectivity index (χ0v) is 14.8. The molecule has 5 aliphatic rings. The Hall–Kier alpha value is -1.34. The van der Waals surface area contributed by atoms with Crippen LogP contribution in [0.4, 0.5) is 0 Å². The van der Waals surface area contributed by atoms with E-state index < -0.39 is 22.8 Å². The monoisotopic (exact) mass is 358 g/mol. The molecule has 2 heterocycles. The maximum Gasteiger partial charge on any atom is 0.197 e. The van der Waals surface area contributed by atoms with Crippen molar-refractivity contribution in [2.75, 3.05) is 13.1 Å². The predicted molar refractivity (Wildman–Crippen MR) is 93.9 cm³/mol. The van der Waals surface area contributed by atoms with E-state index in [-0.39, 0.29) is 11.8 Å². The molecule has 1 saturated heterocycles. The Morgan fingerprint density at radius 1 is 1.23 bits per heavy atom. The van der Waals surface area contributed by atoms with Crippen LogP contribution in [-0.4, -0.2) is 56.8 Å². The fourth-order valence-electron chi connectivity index (χ4n) is 6.61. The molecular formula is C20H26N2O4. The highest BCUT2D eigenvalue weighted by Gasteiger charge is 2.78. The minimum Gasteiger partial charge on any atom is -0.504 e. The third kappa shape index (κ3) is 1.52. The van der Waals surface area contributed by atoms with Gasteiger partial charge in [0.1, 0.15) is 6.10 Å². The molecule has 1 spiro atoms. The number of benzene rings is 1. The van der Waals surface area contributed by atoms with Gasteiger partial charge in [-0.1, -0.05) is 6.07 Å². The van der Waals surface area contributed by atoms with Gasteiger partial charge in [-0.05, 0) is 62.6 Å². The fourth-order valence-corrected chi connectivity index (χ4v) is 6.61. The molecule has 26 heavy (non-hydrogen) atoms. The highest BCUT2D eigenvalue weighted by atomic mass is 16.5.